The number of benzene rings is 3. The average Bonchev–Trinajstić information content (AvgIpc) is 2.69. The molecule has 0 spiro atoms. The van der Waals surface area contributed by atoms with Gasteiger partial charge in [0.05, 0.1) is 5.69 Å². The third-order valence-electron chi connectivity index (χ3n) is 4.72. The zero-order valence-corrected chi connectivity index (χ0v) is 18.7. The van der Waals surface area contributed by atoms with Crippen LogP contribution in [0.25, 0.3) is 0 Å². The van der Waals surface area contributed by atoms with Crippen LogP contribution >= 0.6 is 8.58 Å². The van der Waals surface area contributed by atoms with Crippen LogP contribution in [0.2, 0.25) is 0 Å². The molecule has 0 saturated heterocycles. The fourth-order valence-corrected chi connectivity index (χ4v) is 5.01. The zero-order valence-electron chi connectivity index (χ0n) is 17.7. The van der Waals surface area contributed by atoms with E-state index >= 15 is 0 Å². The quantitative estimate of drug-likeness (QED) is 0.301. The van der Waals surface area contributed by atoms with Crippen LogP contribution in [-0.2, 0) is 4.74 Å². The van der Waals surface area contributed by atoms with Crippen LogP contribution in [0.5, 0.6) is 5.75 Å². The van der Waals surface area contributed by atoms with E-state index in [1.807, 2.05) is 30.3 Å². The van der Waals surface area contributed by atoms with Gasteiger partial charge >= 0.3 is 0 Å². The van der Waals surface area contributed by atoms with Gasteiger partial charge in [-0.2, -0.15) is 0 Å². The van der Waals surface area contributed by atoms with Crippen LogP contribution in [0, 0.1) is 20.8 Å². The number of aryl methyl sites for hydroxylation is 3. The van der Waals surface area contributed by atoms with Gasteiger partial charge in [0.25, 0.3) is 0 Å². The maximum absolute atomic E-state index is 5.93. The minimum atomic E-state index is 0.247. The Balaban J connectivity index is 2.04. The largest absolute Gasteiger partial charge is 0.467 e. The average molecular weight is 405 g/mol. The number of methoxy groups -OCH3 is 1. The molecule has 0 amide bonds. The lowest BCUT2D eigenvalue weighted by Gasteiger charge is -2.18. The first-order valence-electron chi connectivity index (χ1n) is 9.70. The van der Waals surface area contributed by atoms with Gasteiger partial charge in [-0.1, -0.05) is 51.0 Å². The zero-order chi connectivity index (χ0) is 20.8. The molecule has 3 rings (SSSR count). The minimum absolute atomic E-state index is 0.247. The summed E-state index contributed by atoms with van der Waals surface area (Å²) in [5, 5.41) is 2.50. The molecule has 0 aromatic heterocycles. The van der Waals surface area contributed by atoms with Crippen LogP contribution in [0.1, 0.15) is 29.2 Å². The van der Waals surface area contributed by atoms with E-state index in [1.54, 1.807) is 7.11 Å². The molecule has 0 aliphatic heterocycles. The molecule has 0 N–H and O–H groups in total. The van der Waals surface area contributed by atoms with E-state index in [0.29, 0.717) is 8.58 Å². The van der Waals surface area contributed by atoms with E-state index in [-0.39, 0.29) is 6.79 Å². The summed E-state index contributed by atoms with van der Waals surface area (Å²) in [6.45, 7) is 8.71. The number of hydrogen-bond acceptors (Lipinski definition) is 3. The molecule has 1 atom stereocenters. The third kappa shape index (κ3) is 5.32. The van der Waals surface area contributed by atoms with Gasteiger partial charge in [0.1, 0.15) is 5.75 Å². The Kier molecular flexibility index (Phi) is 7.19. The normalized spacial score (nSPS) is 12.0. The molecular weight excluding hydrogens is 377 g/mol. The van der Waals surface area contributed by atoms with Crippen molar-refractivity contribution in [2.24, 2.45) is 4.99 Å². The molecular formula is C25H28NO2P. The second-order valence-electron chi connectivity index (χ2n) is 7.16. The van der Waals surface area contributed by atoms with Gasteiger partial charge in [-0.15, -0.1) is 0 Å². The van der Waals surface area contributed by atoms with E-state index in [9.17, 15) is 0 Å². The fraction of sp³-hybridized carbons (Fsp3) is 0.240. The molecule has 0 heterocycles. The smallest absolute Gasteiger partial charge is 0.188 e. The second kappa shape index (κ2) is 9.82. The topological polar surface area (TPSA) is 30.8 Å². The molecule has 3 nitrogen and oxygen atoms in total. The first-order chi connectivity index (χ1) is 14.0. The molecule has 0 radical (unpaired) electrons. The lowest BCUT2D eigenvalue weighted by Crippen LogP contribution is -2.18. The Hall–Kier alpha value is -2.48. The molecule has 3 aromatic rings. The summed E-state index contributed by atoms with van der Waals surface area (Å²) in [5.74, 6) is 0.919. The Labute approximate surface area is 175 Å². The van der Waals surface area contributed by atoms with Crippen molar-refractivity contribution >= 4 is 30.6 Å². The van der Waals surface area contributed by atoms with Crippen LogP contribution < -0.4 is 15.3 Å². The van der Waals surface area contributed by atoms with Crippen molar-refractivity contribution in [1.29, 1.82) is 0 Å². The van der Waals surface area contributed by atoms with Gasteiger partial charge < -0.3 is 9.47 Å². The van der Waals surface area contributed by atoms with Crippen molar-refractivity contribution in [1.82, 2.24) is 0 Å². The lowest BCUT2D eigenvalue weighted by atomic mass is 10.1. The van der Waals surface area contributed by atoms with Crippen molar-refractivity contribution in [3.8, 4) is 5.75 Å². The van der Waals surface area contributed by atoms with Gasteiger partial charge in [0.2, 0.25) is 0 Å². The molecule has 3 aromatic carbocycles. The second-order valence-corrected chi connectivity index (χ2v) is 8.45. The van der Waals surface area contributed by atoms with Crippen LogP contribution in [0.4, 0.5) is 5.69 Å². The molecule has 29 heavy (non-hydrogen) atoms. The Morgan fingerprint density at radius 2 is 1.69 bits per heavy atom. The summed E-state index contributed by atoms with van der Waals surface area (Å²) < 4.78 is 11.1. The van der Waals surface area contributed by atoms with Crippen molar-refractivity contribution in [3.63, 3.8) is 0 Å². The number of rotatable bonds is 7. The van der Waals surface area contributed by atoms with Crippen molar-refractivity contribution in [3.05, 3.63) is 82.9 Å². The summed E-state index contributed by atoms with van der Waals surface area (Å²) in [6.07, 6.45) is 0. The summed E-state index contributed by atoms with van der Waals surface area (Å²) in [5.41, 5.74) is 6.81. The summed E-state index contributed by atoms with van der Waals surface area (Å²) >= 11 is 0. The van der Waals surface area contributed by atoms with E-state index in [0.717, 1.165) is 22.7 Å². The van der Waals surface area contributed by atoms with Crippen molar-refractivity contribution in [2.75, 3.05) is 13.9 Å². The molecule has 0 saturated carbocycles. The number of aliphatic imine (C=N–C) groups is 1. The summed E-state index contributed by atoms with van der Waals surface area (Å²) in [4.78, 5) is 4.85. The predicted octanol–water partition coefficient (Wildman–Crippen LogP) is 5.36. The predicted molar refractivity (Wildman–Crippen MR) is 125 cm³/mol. The molecule has 0 bridgehead atoms. The van der Waals surface area contributed by atoms with Crippen LogP contribution in [-0.4, -0.2) is 19.6 Å². The number of hydrogen-bond donors (Lipinski definition) is 0. The van der Waals surface area contributed by atoms with Gasteiger partial charge in [0, 0.05) is 23.7 Å². The molecule has 0 aliphatic carbocycles. The van der Waals surface area contributed by atoms with Crippen LogP contribution in [0.15, 0.2) is 65.7 Å². The maximum Gasteiger partial charge on any atom is 0.188 e. The van der Waals surface area contributed by atoms with Crippen LogP contribution in [0.3, 0.4) is 0 Å². The van der Waals surface area contributed by atoms with Gasteiger partial charge in [-0.05, 0) is 67.9 Å². The van der Waals surface area contributed by atoms with E-state index in [2.05, 4.69) is 58.0 Å². The molecule has 150 valence electrons. The van der Waals surface area contributed by atoms with Crippen molar-refractivity contribution in [2.45, 2.75) is 27.7 Å². The monoisotopic (exact) mass is 405 g/mol. The Morgan fingerprint density at radius 1 is 0.931 bits per heavy atom. The third-order valence-corrected chi connectivity index (χ3v) is 6.27. The fourth-order valence-electron chi connectivity index (χ4n) is 3.38. The van der Waals surface area contributed by atoms with Gasteiger partial charge in [-0.3, -0.25) is 4.99 Å². The Morgan fingerprint density at radius 3 is 2.41 bits per heavy atom. The lowest BCUT2D eigenvalue weighted by molar-refractivity contribution is 0.0514. The van der Waals surface area contributed by atoms with Gasteiger partial charge in [-0.25, -0.2) is 0 Å². The van der Waals surface area contributed by atoms with E-state index < -0.39 is 0 Å². The first kappa shape index (κ1) is 21.2. The number of ether oxygens (including phenoxy) is 2. The van der Waals surface area contributed by atoms with E-state index in [1.165, 1.54) is 27.3 Å². The van der Waals surface area contributed by atoms with Crippen molar-refractivity contribution < 1.29 is 9.47 Å². The highest BCUT2D eigenvalue weighted by Crippen LogP contribution is 2.27. The number of nitrogens with zero attached hydrogens (tertiary/aromatic N) is 1. The summed E-state index contributed by atoms with van der Waals surface area (Å²) in [6, 6.07) is 20.9. The maximum atomic E-state index is 5.93. The number of para-hydroxylation sites is 1. The molecule has 1 unspecified atom stereocenters. The SMILES string of the molecule is COCOc1c(C)cc(C)cc1Pc1c(C)cccc1/C(C)=N/c1ccccc1. The standard InChI is InChI=1S/C25H28NO2P/c1-17-14-19(3)24(28-16-27-5)23(15-17)29-25-18(2)10-9-13-22(25)20(4)26-21-11-7-6-8-12-21/h6-15,29H,16H2,1-5H3/b26-20+. The molecule has 4 heteroatoms. The summed E-state index contributed by atoms with van der Waals surface area (Å²) in [7, 11) is 2.12. The van der Waals surface area contributed by atoms with E-state index in [4.69, 9.17) is 14.5 Å². The molecule has 0 fully saturated rings. The first-order valence-corrected chi connectivity index (χ1v) is 10.7. The highest BCUT2D eigenvalue weighted by atomic mass is 31.1. The Bertz CT molecular complexity index is 1010. The molecule has 0 aliphatic rings. The van der Waals surface area contributed by atoms with Gasteiger partial charge in [0.15, 0.2) is 6.79 Å². The highest BCUT2D eigenvalue weighted by molar-refractivity contribution is 7.56. The highest BCUT2D eigenvalue weighted by Gasteiger charge is 2.15. The minimum Gasteiger partial charge on any atom is -0.467 e.